The maximum Gasteiger partial charge on any atom is 0.319 e. The predicted octanol–water partition coefficient (Wildman–Crippen LogP) is 3.09. The Labute approximate surface area is 121 Å². The van der Waals surface area contributed by atoms with Crippen molar-refractivity contribution < 1.29 is 9.90 Å². The first-order valence-corrected chi connectivity index (χ1v) is 7.07. The van der Waals surface area contributed by atoms with Crippen LogP contribution in [0.15, 0.2) is 18.2 Å². The summed E-state index contributed by atoms with van der Waals surface area (Å²) in [4.78, 5) is 11.9. The quantitative estimate of drug-likeness (QED) is 0.792. The van der Waals surface area contributed by atoms with Crippen LogP contribution in [0.5, 0.6) is 0 Å². The molecule has 112 valence electrons. The molecule has 0 bridgehead atoms. The van der Waals surface area contributed by atoms with E-state index in [9.17, 15) is 9.90 Å². The largest absolute Gasteiger partial charge is 0.391 e. The van der Waals surface area contributed by atoms with Crippen LogP contribution in [-0.2, 0) is 6.42 Å². The summed E-state index contributed by atoms with van der Waals surface area (Å²) in [7, 11) is 0. The van der Waals surface area contributed by atoms with Gasteiger partial charge in [0.1, 0.15) is 0 Å². The summed E-state index contributed by atoms with van der Waals surface area (Å²) in [5.41, 5.74) is 2.76. The Balaban J connectivity index is 2.64. The third kappa shape index (κ3) is 4.53. The van der Waals surface area contributed by atoms with Crippen LogP contribution in [-0.4, -0.2) is 23.8 Å². The third-order valence-corrected chi connectivity index (χ3v) is 3.43. The molecule has 0 aliphatic carbocycles. The Hall–Kier alpha value is -1.55. The minimum Gasteiger partial charge on any atom is -0.391 e. The lowest BCUT2D eigenvalue weighted by Gasteiger charge is -2.26. The van der Waals surface area contributed by atoms with Gasteiger partial charge in [-0.05, 0) is 29.9 Å². The highest BCUT2D eigenvalue weighted by atomic mass is 16.3. The topological polar surface area (TPSA) is 61.4 Å². The molecule has 0 aromatic heterocycles. The minimum absolute atomic E-state index is 0.239. The number of amides is 2. The summed E-state index contributed by atoms with van der Waals surface area (Å²) >= 11 is 0. The summed E-state index contributed by atoms with van der Waals surface area (Å²) in [5, 5.41) is 15.5. The molecule has 1 rings (SSSR count). The summed E-state index contributed by atoms with van der Waals surface area (Å²) in [6.07, 6.45) is 0.290. The maximum atomic E-state index is 11.9. The van der Waals surface area contributed by atoms with Gasteiger partial charge >= 0.3 is 6.03 Å². The van der Waals surface area contributed by atoms with Crippen LogP contribution >= 0.6 is 0 Å². The van der Waals surface area contributed by atoms with Crippen LogP contribution in [0.3, 0.4) is 0 Å². The first-order valence-electron chi connectivity index (χ1n) is 7.07. The molecule has 0 spiro atoms. The summed E-state index contributed by atoms with van der Waals surface area (Å²) < 4.78 is 0. The minimum atomic E-state index is -0.573. The molecule has 3 N–H and O–H groups in total. The smallest absolute Gasteiger partial charge is 0.319 e. The van der Waals surface area contributed by atoms with Crippen LogP contribution in [0.25, 0.3) is 0 Å². The molecule has 20 heavy (non-hydrogen) atoms. The lowest BCUT2D eigenvalue weighted by atomic mass is 9.89. The van der Waals surface area contributed by atoms with Crippen LogP contribution in [0.2, 0.25) is 0 Å². The molecule has 0 heterocycles. The number of urea groups is 1. The van der Waals surface area contributed by atoms with Gasteiger partial charge in [0.2, 0.25) is 0 Å². The van der Waals surface area contributed by atoms with Crippen molar-refractivity contribution in [3.05, 3.63) is 29.3 Å². The molecule has 0 aliphatic heterocycles. The molecular weight excluding hydrogens is 252 g/mol. The maximum absolute atomic E-state index is 11.9. The zero-order chi connectivity index (χ0) is 15.3. The van der Waals surface area contributed by atoms with E-state index in [1.807, 2.05) is 45.9 Å². The average Bonchev–Trinajstić information content (AvgIpc) is 2.37. The van der Waals surface area contributed by atoms with Gasteiger partial charge in [-0.1, -0.05) is 45.9 Å². The van der Waals surface area contributed by atoms with Gasteiger partial charge in [0.05, 0.1) is 6.10 Å². The van der Waals surface area contributed by atoms with Crippen molar-refractivity contribution >= 4 is 11.7 Å². The number of nitrogens with one attached hydrogen (secondary N) is 2. The highest BCUT2D eigenvalue weighted by Gasteiger charge is 2.22. The molecule has 0 fully saturated rings. The fourth-order valence-electron chi connectivity index (χ4n) is 1.86. The van der Waals surface area contributed by atoms with Crippen molar-refractivity contribution in [2.24, 2.45) is 5.41 Å². The molecule has 2 amide bonds. The fraction of sp³-hybridized carbons (Fsp3) is 0.562. The highest BCUT2D eigenvalue weighted by molar-refractivity contribution is 5.91. The molecule has 0 radical (unpaired) electrons. The Morgan fingerprint density at radius 2 is 2.00 bits per heavy atom. The van der Waals surface area contributed by atoms with Crippen molar-refractivity contribution in [2.75, 3.05) is 11.9 Å². The van der Waals surface area contributed by atoms with Gasteiger partial charge in [-0.25, -0.2) is 4.79 Å². The second-order valence-corrected chi connectivity index (χ2v) is 6.18. The summed E-state index contributed by atoms with van der Waals surface area (Å²) in [5.74, 6) is 0. The number of rotatable bonds is 4. The van der Waals surface area contributed by atoms with Crippen LogP contribution < -0.4 is 10.6 Å². The van der Waals surface area contributed by atoms with Crippen molar-refractivity contribution in [3.63, 3.8) is 0 Å². The molecule has 4 nitrogen and oxygen atoms in total. The fourth-order valence-corrected chi connectivity index (χ4v) is 1.86. The Bertz CT molecular complexity index is 464. The predicted molar refractivity (Wildman–Crippen MR) is 83.0 cm³/mol. The average molecular weight is 278 g/mol. The lowest BCUT2D eigenvalue weighted by molar-refractivity contribution is 0.0654. The first kappa shape index (κ1) is 16.5. The molecule has 0 saturated heterocycles. The van der Waals surface area contributed by atoms with E-state index in [4.69, 9.17) is 0 Å². The van der Waals surface area contributed by atoms with Gasteiger partial charge in [0.15, 0.2) is 0 Å². The van der Waals surface area contributed by atoms with E-state index in [-0.39, 0.29) is 18.0 Å². The number of para-hydroxylation sites is 1. The second kappa shape index (κ2) is 6.75. The second-order valence-electron chi connectivity index (χ2n) is 6.18. The third-order valence-electron chi connectivity index (χ3n) is 3.43. The van der Waals surface area contributed by atoms with E-state index in [1.54, 1.807) is 0 Å². The molecule has 1 aromatic rings. The first-order chi connectivity index (χ1) is 9.25. The summed E-state index contributed by atoms with van der Waals surface area (Å²) in [6.45, 7) is 10.1. The monoisotopic (exact) mass is 278 g/mol. The normalized spacial score (nSPS) is 12.9. The van der Waals surface area contributed by atoms with Crippen LogP contribution in [0, 0.1) is 12.3 Å². The van der Waals surface area contributed by atoms with E-state index in [0.717, 1.165) is 23.2 Å². The van der Waals surface area contributed by atoms with Gasteiger partial charge < -0.3 is 15.7 Å². The Morgan fingerprint density at radius 1 is 1.35 bits per heavy atom. The van der Waals surface area contributed by atoms with Crippen molar-refractivity contribution in [2.45, 2.75) is 47.1 Å². The van der Waals surface area contributed by atoms with E-state index in [1.165, 1.54) is 0 Å². The Morgan fingerprint density at radius 3 is 2.55 bits per heavy atom. The molecule has 1 atom stereocenters. The Kier molecular flexibility index (Phi) is 5.57. The molecule has 0 aliphatic rings. The number of benzene rings is 1. The van der Waals surface area contributed by atoms with E-state index < -0.39 is 6.10 Å². The number of carbonyl (C=O) groups excluding carboxylic acids is 1. The molecule has 1 aromatic carbocycles. The van der Waals surface area contributed by atoms with Crippen LogP contribution in [0.1, 0.15) is 38.8 Å². The van der Waals surface area contributed by atoms with Crippen molar-refractivity contribution in [1.29, 1.82) is 0 Å². The standard InChI is InChI=1S/C16H26N2O2/c1-6-12-9-7-8-11(2)14(12)18-15(20)17-10-13(19)16(3,4)5/h7-9,13,19H,6,10H2,1-5H3,(H2,17,18,20). The summed E-state index contributed by atoms with van der Waals surface area (Å²) in [6, 6.07) is 5.68. The van der Waals surface area contributed by atoms with E-state index in [2.05, 4.69) is 17.6 Å². The van der Waals surface area contributed by atoms with E-state index in [0.29, 0.717) is 0 Å². The van der Waals surface area contributed by atoms with Gasteiger partial charge in [0, 0.05) is 12.2 Å². The number of hydrogen-bond donors (Lipinski definition) is 3. The zero-order valence-corrected chi connectivity index (χ0v) is 13.1. The number of carbonyl (C=O) groups is 1. The van der Waals surface area contributed by atoms with Gasteiger partial charge in [-0.15, -0.1) is 0 Å². The number of aliphatic hydroxyl groups excluding tert-OH is 1. The number of aliphatic hydroxyl groups is 1. The van der Waals surface area contributed by atoms with Gasteiger partial charge in [0.25, 0.3) is 0 Å². The SMILES string of the molecule is CCc1cccc(C)c1NC(=O)NCC(O)C(C)(C)C. The molecule has 0 saturated carbocycles. The van der Waals surface area contributed by atoms with E-state index >= 15 is 0 Å². The van der Waals surface area contributed by atoms with Crippen LogP contribution in [0.4, 0.5) is 10.5 Å². The molecule has 4 heteroatoms. The van der Waals surface area contributed by atoms with Crippen molar-refractivity contribution in [1.82, 2.24) is 5.32 Å². The molecule has 1 unspecified atom stereocenters. The number of anilines is 1. The highest BCUT2D eigenvalue weighted by Crippen LogP contribution is 2.21. The van der Waals surface area contributed by atoms with Crippen molar-refractivity contribution in [3.8, 4) is 0 Å². The van der Waals surface area contributed by atoms with Gasteiger partial charge in [-0.2, -0.15) is 0 Å². The number of aryl methyl sites for hydroxylation is 2. The number of hydrogen-bond acceptors (Lipinski definition) is 2. The van der Waals surface area contributed by atoms with Gasteiger partial charge in [-0.3, -0.25) is 0 Å². The lowest BCUT2D eigenvalue weighted by Crippen LogP contribution is -2.41. The zero-order valence-electron chi connectivity index (χ0n) is 13.1. The molecular formula is C16H26N2O2.